The van der Waals surface area contributed by atoms with E-state index in [1.54, 1.807) is 18.6 Å². The van der Waals surface area contributed by atoms with Gasteiger partial charge >= 0.3 is 0 Å². The number of hydrogen-bond donors (Lipinski definition) is 2. The minimum absolute atomic E-state index is 0.101. The second-order valence-corrected chi connectivity index (χ2v) is 4.67. The zero-order chi connectivity index (χ0) is 14.1. The van der Waals surface area contributed by atoms with Gasteiger partial charge in [-0.1, -0.05) is 0 Å². The highest BCUT2D eigenvalue weighted by molar-refractivity contribution is 5.67. The van der Waals surface area contributed by atoms with E-state index in [9.17, 15) is 5.26 Å². The smallest absolute Gasteiger partial charge is 0.174 e. The van der Waals surface area contributed by atoms with Gasteiger partial charge in [-0.2, -0.15) is 9.94 Å². The van der Waals surface area contributed by atoms with Crippen molar-refractivity contribution in [2.45, 2.75) is 12.5 Å². The van der Waals surface area contributed by atoms with E-state index in [4.69, 9.17) is 11.5 Å². The Labute approximate surface area is 115 Å². The Morgan fingerprint density at radius 2 is 2.25 bits per heavy atom. The summed E-state index contributed by atoms with van der Waals surface area (Å²) in [6.07, 6.45) is 5.54. The summed E-state index contributed by atoms with van der Waals surface area (Å²) in [7, 11) is 0. The molecular formula is C12H14N8. The number of nitrogen functional groups attached to an aromatic ring is 1. The molecule has 1 unspecified atom stereocenters. The maximum Gasteiger partial charge on any atom is 0.174 e. The van der Waals surface area contributed by atoms with E-state index in [0.29, 0.717) is 23.7 Å². The lowest BCUT2D eigenvalue weighted by Gasteiger charge is -2.14. The van der Waals surface area contributed by atoms with Crippen LogP contribution in [0.4, 0.5) is 11.6 Å². The molecular weight excluding hydrogens is 256 g/mol. The molecule has 20 heavy (non-hydrogen) atoms. The highest BCUT2D eigenvalue weighted by atomic mass is 15.4. The largest absolute Gasteiger partial charge is 0.382 e. The third-order valence-corrected chi connectivity index (χ3v) is 3.31. The molecule has 0 saturated carbocycles. The van der Waals surface area contributed by atoms with E-state index in [0.717, 1.165) is 13.0 Å². The van der Waals surface area contributed by atoms with Crippen LogP contribution in [0, 0.1) is 11.3 Å². The van der Waals surface area contributed by atoms with Gasteiger partial charge in [-0.05, 0) is 6.42 Å². The molecule has 4 N–H and O–H groups in total. The van der Waals surface area contributed by atoms with Gasteiger partial charge in [0.25, 0.3) is 0 Å². The summed E-state index contributed by atoms with van der Waals surface area (Å²) in [4.78, 5) is 10.1. The normalized spacial score (nSPS) is 18.2. The first-order valence-electron chi connectivity index (χ1n) is 6.26. The van der Waals surface area contributed by atoms with E-state index >= 15 is 0 Å². The Bertz CT molecular complexity index is 656. The Morgan fingerprint density at radius 1 is 1.40 bits per heavy atom. The Balaban J connectivity index is 2.06. The fourth-order valence-electron chi connectivity index (χ4n) is 2.30. The van der Waals surface area contributed by atoms with Crippen molar-refractivity contribution in [3.05, 3.63) is 24.2 Å². The van der Waals surface area contributed by atoms with Crippen LogP contribution in [0.15, 0.2) is 18.6 Å². The van der Waals surface area contributed by atoms with Crippen molar-refractivity contribution in [3.63, 3.8) is 0 Å². The standard InChI is InChI=1S/C12H14N8/c13-5-9-11(15)20(10-6-16-2-3-17-10)18-12(9)19-4-1-8(14)7-19/h2-3,6,8H,1,4,7,14-15H2. The van der Waals surface area contributed by atoms with Crippen molar-refractivity contribution < 1.29 is 0 Å². The molecule has 0 aromatic carbocycles. The fourth-order valence-corrected chi connectivity index (χ4v) is 2.30. The van der Waals surface area contributed by atoms with Gasteiger partial charge in [-0.3, -0.25) is 4.98 Å². The van der Waals surface area contributed by atoms with Crippen molar-refractivity contribution in [2.24, 2.45) is 5.73 Å². The Kier molecular flexibility index (Phi) is 2.96. The highest BCUT2D eigenvalue weighted by Gasteiger charge is 2.27. The number of nitrogens with two attached hydrogens (primary N) is 2. The van der Waals surface area contributed by atoms with Gasteiger partial charge in [-0.15, -0.1) is 5.10 Å². The van der Waals surface area contributed by atoms with E-state index in [-0.39, 0.29) is 11.9 Å². The van der Waals surface area contributed by atoms with Gasteiger partial charge in [-0.25, -0.2) is 4.98 Å². The number of nitrogens with zero attached hydrogens (tertiary/aromatic N) is 6. The van der Waals surface area contributed by atoms with E-state index in [1.807, 2.05) is 4.90 Å². The lowest BCUT2D eigenvalue weighted by Crippen LogP contribution is -2.27. The van der Waals surface area contributed by atoms with Gasteiger partial charge < -0.3 is 16.4 Å². The highest BCUT2D eigenvalue weighted by Crippen LogP contribution is 2.28. The second kappa shape index (κ2) is 4.79. The Hall–Kier alpha value is -2.66. The SMILES string of the molecule is N#Cc1c(N2CCC(N)C2)nn(-c2cnccn2)c1N. The van der Waals surface area contributed by atoms with Crippen LogP contribution in [-0.4, -0.2) is 38.9 Å². The summed E-state index contributed by atoms with van der Waals surface area (Å²) in [5.41, 5.74) is 12.3. The minimum atomic E-state index is 0.101. The monoisotopic (exact) mass is 270 g/mol. The van der Waals surface area contributed by atoms with Crippen LogP contribution in [0.2, 0.25) is 0 Å². The van der Waals surface area contributed by atoms with Gasteiger partial charge in [0.05, 0.1) is 6.20 Å². The molecule has 1 fully saturated rings. The molecule has 8 heteroatoms. The predicted molar refractivity (Wildman–Crippen MR) is 73.1 cm³/mol. The van der Waals surface area contributed by atoms with Gasteiger partial charge in [0.2, 0.25) is 0 Å². The van der Waals surface area contributed by atoms with Crippen molar-refractivity contribution in [1.82, 2.24) is 19.7 Å². The van der Waals surface area contributed by atoms with E-state index in [1.165, 1.54) is 4.68 Å². The first-order chi connectivity index (χ1) is 9.70. The van der Waals surface area contributed by atoms with Gasteiger partial charge in [0.1, 0.15) is 17.5 Å². The van der Waals surface area contributed by atoms with Crippen molar-refractivity contribution in [3.8, 4) is 11.9 Å². The van der Waals surface area contributed by atoms with Crippen LogP contribution in [0.5, 0.6) is 0 Å². The van der Waals surface area contributed by atoms with Crippen LogP contribution in [-0.2, 0) is 0 Å². The summed E-state index contributed by atoms with van der Waals surface area (Å²) in [5.74, 6) is 1.31. The third kappa shape index (κ3) is 1.94. The molecule has 0 bridgehead atoms. The molecule has 2 aromatic heterocycles. The average molecular weight is 270 g/mol. The average Bonchev–Trinajstić information content (AvgIpc) is 3.03. The molecule has 1 atom stereocenters. The fraction of sp³-hybridized carbons (Fsp3) is 0.333. The molecule has 0 aliphatic carbocycles. The summed E-state index contributed by atoms with van der Waals surface area (Å²) >= 11 is 0. The van der Waals surface area contributed by atoms with Crippen LogP contribution >= 0.6 is 0 Å². The molecule has 0 amide bonds. The van der Waals surface area contributed by atoms with Gasteiger partial charge in [0.15, 0.2) is 11.6 Å². The zero-order valence-electron chi connectivity index (χ0n) is 10.8. The number of hydrogen-bond acceptors (Lipinski definition) is 7. The lowest BCUT2D eigenvalue weighted by atomic mass is 10.3. The molecule has 0 spiro atoms. The molecule has 2 aromatic rings. The van der Waals surface area contributed by atoms with E-state index < -0.39 is 0 Å². The first kappa shape index (κ1) is 12.4. The molecule has 3 rings (SSSR count). The molecule has 1 aliphatic heterocycles. The molecule has 1 saturated heterocycles. The molecule has 0 radical (unpaired) electrons. The Morgan fingerprint density at radius 3 is 2.85 bits per heavy atom. The summed E-state index contributed by atoms with van der Waals surface area (Å²) in [6.45, 7) is 1.44. The molecule has 1 aliphatic rings. The third-order valence-electron chi connectivity index (χ3n) is 3.31. The van der Waals surface area contributed by atoms with Crippen LogP contribution in [0.3, 0.4) is 0 Å². The van der Waals surface area contributed by atoms with Crippen molar-refractivity contribution in [2.75, 3.05) is 23.7 Å². The summed E-state index contributed by atoms with van der Waals surface area (Å²) in [6, 6.07) is 2.21. The number of aromatic nitrogens is 4. The van der Waals surface area contributed by atoms with Gasteiger partial charge in [0, 0.05) is 31.5 Å². The van der Waals surface area contributed by atoms with Crippen LogP contribution < -0.4 is 16.4 Å². The lowest BCUT2D eigenvalue weighted by molar-refractivity contribution is 0.750. The number of anilines is 2. The topological polar surface area (TPSA) is 123 Å². The van der Waals surface area contributed by atoms with Crippen LogP contribution in [0.25, 0.3) is 5.82 Å². The summed E-state index contributed by atoms with van der Waals surface area (Å²) < 4.78 is 1.44. The van der Waals surface area contributed by atoms with Crippen molar-refractivity contribution in [1.29, 1.82) is 5.26 Å². The summed E-state index contributed by atoms with van der Waals surface area (Å²) in [5, 5.41) is 13.7. The maximum absolute atomic E-state index is 9.31. The number of nitriles is 1. The van der Waals surface area contributed by atoms with Crippen molar-refractivity contribution >= 4 is 11.6 Å². The maximum atomic E-state index is 9.31. The molecule has 3 heterocycles. The molecule has 8 nitrogen and oxygen atoms in total. The first-order valence-corrected chi connectivity index (χ1v) is 6.26. The van der Waals surface area contributed by atoms with Crippen LogP contribution in [0.1, 0.15) is 12.0 Å². The second-order valence-electron chi connectivity index (χ2n) is 4.67. The quantitative estimate of drug-likeness (QED) is 0.764. The predicted octanol–water partition coefficient (Wildman–Crippen LogP) is -0.346. The zero-order valence-corrected chi connectivity index (χ0v) is 10.8. The number of rotatable bonds is 2. The van der Waals surface area contributed by atoms with E-state index in [2.05, 4.69) is 21.1 Å². The minimum Gasteiger partial charge on any atom is -0.382 e. The molecule has 102 valence electrons.